The van der Waals surface area contributed by atoms with Crippen LogP contribution in [0.1, 0.15) is 28.8 Å². The molecule has 5 heteroatoms. The van der Waals surface area contributed by atoms with Gasteiger partial charge in [0, 0.05) is 18.7 Å². The summed E-state index contributed by atoms with van der Waals surface area (Å²) in [5.74, 6) is 0.855. The Hall–Kier alpha value is -3.21. The van der Waals surface area contributed by atoms with E-state index in [1.54, 1.807) is 12.3 Å². The van der Waals surface area contributed by atoms with Gasteiger partial charge < -0.3 is 10.2 Å². The highest BCUT2D eigenvalue weighted by molar-refractivity contribution is 6.04. The van der Waals surface area contributed by atoms with Gasteiger partial charge in [-0.25, -0.2) is 9.37 Å². The summed E-state index contributed by atoms with van der Waals surface area (Å²) in [6, 6.07) is 20.1. The second kappa shape index (κ2) is 8.86. The molecular formula is C24H24FN3O. The minimum atomic E-state index is -0.429. The summed E-state index contributed by atoms with van der Waals surface area (Å²) >= 11 is 0. The fourth-order valence-corrected chi connectivity index (χ4v) is 3.79. The van der Waals surface area contributed by atoms with Gasteiger partial charge in [0.05, 0.1) is 11.9 Å². The van der Waals surface area contributed by atoms with E-state index in [1.807, 2.05) is 12.1 Å². The predicted octanol–water partition coefficient (Wildman–Crippen LogP) is 4.93. The smallest absolute Gasteiger partial charge is 0.255 e. The first-order valence-corrected chi connectivity index (χ1v) is 9.99. The van der Waals surface area contributed by atoms with Crippen molar-refractivity contribution in [2.24, 2.45) is 5.92 Å². The monoisotopic (exact) mass is 389 g/mol. The quantitative estimate of drug-likeness (QED) is 0.673. The molecule has 29 heavy (non-hydrogen) atoms. The van der Waals surface area contributed by atoms with Gasteiger partial charge >= 0.3 is 0 Å². The maximum Gasteiger partial charge on any atom is 0.255 e. The molecule has 0 unspecified atom stereocenters. The van der Waals surface area contributed by atoms with Crippen molar-refractivity contribution in [1.29, 1.82) is 0 Å². The number of amides is 1. The van der Waals surface area contributed by atoms with Crippen LogP contribution in [0.25, 0.3) is 0 Å². The van der Waals surface area contributed by atoms with E-state index in [1.165, 1.54) is 23.8 Å². The molecule has 1 aromatic heterocycles. The molecule has 0 spiro atoms. The van der Waals surface area contributed by atoms with Gasteiger partial charge in [-0.05, 0) is 61.1 Å². The van der Waals surface area contributed by atoms with Crippen LogP contribution < -0.4 is 10.2 Å². The van der Waals surface area contributed by atoms with Crippen LogP contribution in [-0.2, 0) is 6.42 Å². The van der Waals surface area contributed by atoms with Crippen molar-refractivity contribution in [2.75, 3.05) is 23.3 Å². The standard InChI is InChI=1S/C24H24FN3O/c25-21-8-4-7-20(16-21)24(29)27-22-9-10-23(26-17-22)28-13-11-19(12-14-28)15-18-5-2-1-3-6-18/h1-10,16-17,19H,11-15H2,(H,27,29). The first-order valence-electron chi connectivity index (χ1n) is 9.99. The van der Waals surface area contributed by atoms with Crippen LogP contribution in [0, 0.1) is 11.7 Å². The van der Waals surface area contributed by atoms with Crippen molar-refractivity contribution in [2.45, 2.75) is 19.3 Å². The Morgan fingerprint density at radius 3 is 2.52 bits per heavy atom. The molecule has 0 bridgehead atoms. The summed E-state index contributed by atoms with van der Waals surface area (Å²) in [7, 11) is 0. The Morgan fingerprint density at radius 2 is 1.83 bits per heavy atom. The van der Waals surface area contributed by atoms with Gasteiger partial charge in [0.15, 0.2) is 0 Å². The fraction of sp³-hybridized carbons (Fsp3) is 0.250. The maximum atomic E-state index is 13.3. The average Bonchev–Trinajstić information content (AvgIpc) is 2.76. The number of nitrogens with one attached hydrogen (secondary N) is 1. The third-order valence-corrected chi connectivity index (χ3v) is 5.40. The number of carbonyl (C=O) groups is 1. The molecule has 3 aromatic rings. The SMILES string of the molecule is O=C(Nc1ccc(N2CCC(Cc3ccccc3)CC2)nc1)c1cccc(F)c1. The lowest BCUT2D eigenvalue weighted by atomic mass is 9.90. The van der Waals surface area contributed by atoms with E-state index in [0.717, 1.165) is 38.2 Å². The van der Waals surface area contributed by atoms with E-state index in [0.29, 0.717) is 11.6 Å². The number of piperidine rings is 1. The topological polar surface area (TPSA) is 45.2 Å². The molecular weight excluding hydrogens is 365 g/mol. The maximum absolute atomic E-state index is 13.3. The van der Waals surface area contributed by atoms with Crippen LogP contribution in [0.2, 0.25) is 0 Å². The fourth-order valence-electron chi connectivity index (χ4n) is 3.79. The van der Waals surface area contributed by atoms with Crippen LogP contribution in [0.5, 0.6) is 0 Å². The highest BCUT2D eigenvalue weighted by atomic mass is 19.1. The number of anilines is 2. The summed E-state index contributed by atoms with van der Waals surface area (Å²) in [4.78, 5) is 19.0. The molecule has 1 N–H and O–H groups in total. The van der Waals surface area contributed by atoms with E-state index in [2.05, 4.69) is 45.5 Å². The number of hydrogen-bond donors (Lipinski definition) is 1. The number of benzene rings is 2. The van der Waals surface area contributed by atoms with Gasteiger partial charge in [0.25, 0.3) is 5.91 Å². The Balaban J connectivity index is 1.31. The molecule has 0 radical (unpaired) electrons. The number of hydrogen-bond acceptors (Lipinski definition) is 3. The largest absolute Gasteiger partial charge is 0.357 e. The number of aromatic nitrogens is 1. The summed E-state index contributed by atoms with van der Waals surface area (Å²) in [5, 5.41) is 2.76. The van der Waals surface area contributed by atoms with E-state index in [-0.39, 0.29) is 11.5 Å². The Morgan fingerprint density at radius 1 is 1.03 bits per heavy atom. The lowest BCUT2D eigenvalue weighted by Gasteiger charge is -2.33. The van der Waals surface area contributed by atoms with Crippen molar-refractivity contribution in [1.82, 2.24) is 4.98 Å². The third kappa shape index (κ3) is 4.99. The van der Waals surface area contributed by atoms with Crippen LogP contribution in [0.15, 0.2) is 72.9 Å². The third-order valence-electron chi connectivity index (χ3n) is 5.40. The second-order valence-electron chi connectivity index (χ2n) is 7.49. The number of nitrogens with zero attached hydrogens (tertiary/aromatic N) is 2. The summed E-state index contributed by atoms with van der Waals surface area (Å²) in [5.41, 5.74) is 2.29. The van der Waals surface area contributed by atoms with Crippen molar-refractivity contribution in [3.63, 3.8) is 0 Å². The van der Waals surface area contributed by atoms with Crippen molar-refractivity contribution in [3.8, 4) is 0 Å². The van der Waals surface area contributed by atoms with Crippen LogP contribution >= 0.6 is 0 Å². The highest BCUT2D eigenvalue weighted by Gasteiger charge is 2.20. The lowest BCUT2D eigenvalue weighted by molar-refractivity contribution is 0.102. The average molecular weight is 389 g/mol. The lowest BCUT2D eigenvalue weighted by Crippen LogP contribution is -2.34. The van der Waals surface area contributed by atoms with Gasteiger partial charge in [0.1, 0.15) is 11.6 Å². The summed E-state index contributed by atoms with van der Waals surface area (Å²) in [6.07, 6.45) is 5.08. The van der Waals surface area contributed by atoms with E-state index in [4.69, 9.17) is 0 Å². The molecule has 4 nitrogen and oxygen atoms in total. The predicted molar refractivity (Wildman–Crippen MR) is 114 cm³/mol. The number of carbonyl (C=O) groups excluding carboxylic acids is 1. The number of halogens is 1. The molecule has 0 atom stereocenters. The molecule has 1 aliphatic rings. The molecule has 1 amide bonds. The first kappa shape index (κ1) is 19.1. The molecule has 2 aromatic carbocycles. The van der Waals surface area contributed by atoms with Gasteiger partial charge in [-0.1, -0.05) is 36.4 Å². The summed E-state index contributed by atoms with van der Waals surface area (Å²) in [6.45, 7) is 1.97. The second-order valence-corrected chi connectivity index (χ2v) is 7.49. The zero-order chi connectivity index (χ0) is 20.1. The van der Waals surface area contributed by atoms with E-state index < -0.39 is 5.82 Å². The number of rotatable bonds is 5. The Labute approximate surface area is 170 Å². The Kier molecular flexibility index (Phi) is 5.84. The summed E-state index contributed by atoms with van der Waals surface area (Å²) < 4.78 is 13.3. The van der Waals surface area contributed by atoms with Gasteiger partial charge in [-0.3, -0.25) is 4.79 Å². The minimum Gasteiger partial charge on any atom is -0.357 e. The van der Waals surface area contributed by atoms with Crippen molar-refractivity contribution in [3.05, 3.63) is 89.9 Å². The van der Waals surface area contributed by atoms with Crippen LogP contribution in [-0.4, -0.2) is 24.0 Å². The van der Waals surface area contributed by atoms with Gasteiger partial charge in [-0.2, -0.15) is 0 Å². The molecule has 4 rings (SSSR count). The zero-order valence-corrected chi connectivity index (χ0v) is 16.2. The van der Waals surface area contributed by atoms with Crippen molar-refractivity contribution >= 4 is 17.4 Å². The number of pyridine rings is 1. The molecule has 1 aliphatic heterocycles. The van der Waals surface area contributed by atoms with E-state index >= 15 is 0 Å². The molecule has 0 aliphatic carbocycles. The highest BCUT2D eigenvalue weighted by Crippen LogP contribution is 2.25. The van der Waals surface area contributed by atoms with Crippen LogP contribution in [0.4, 0.5) is 15.9 Å². The van der Waals surface area contributed by atoms with Crippen LogP contribution in [0.3, 0.4) is 0 Å². The molecule has 1 fully saturated rings. The van der Waals surface area contributed by atoms with E-state index in [9.17, 15) is 9.18 Å². The van der Waals surface area contributed by atoms with Gasteiger partial charge in [0.2, 0.25) is 0 Å². The van der Waals surface area contributed by atoms with Crippen molar-refractivity contribution < 1.29 is 9.18 Å². The zero-order valence-electron chi connectivity index (χ0n) is 16.2. The normalized spacial score (nSPS) is 14.6. The molecule has 2 heterocycles. The molecule has 1 saturated heterocycles. The van der Waals surface area contributed by atoms with Gasteiger partial charge in [-0.15, -0.1) is 0 Å². The molecule has 148 valence electrons. The Bertz CT molecular complexity index is 951. The first-order chi connectivity index (χ1) is 14.2. The minimum absolute atomic E-state index is 0.287. The molecule has 0 saturated carbocycles.